The maximum absolute atomic E-state index is 9.05. The maximum Gasteiger partial charge on any atom is 0.155 e. The van der Waals surface area contributed by atoms with Crippen LogP contribution in [0.1, 0.15) is 37.8 Å². The van der Waals surface area contributed by atoms with Gasteiger partial charge in [-0.3, -0.25) is 0 Å². The molecule has 0 bridgehead atoms. The van der Waals surface area contributed by atoms with Crippen LogP contribution in [-0.4, -0.2) is 6.61 Å². The number of nitriles is 1. The molecule has 86 valence electrons. The van der Waals surface area contributed by atoms with E-state index in [0.29, 0.717) is 22.9 Å². The average molecular weight is 238 g/mol. The third kappa shape index (κ3) is 3.15. The molecule has 0 saturated heterocycles. The number of nitrogens with zero attached hydrogens (tertiary/aromatic N) is 1. The Morgan fingerprint density at radius 1 is 1.31 bits per heavy atom. The normalized spacial score (nSPS) is 9.88. The molecule has 0 aliphatic carbocycles. The molecular weight excluding hydrogens is 222 g/mol. The van der Waals surface area contributed by atoms with Crippen molar-refractivity contribution in [1.82, 2.24) is 0 Å². The summed E-state index contributed by atoms with van der Waals surface area (Å²) < 4.78 is 5.49. The van der Waals surface area contributed by atoms with Gasteiger partial charge in [0, 0.05) is 0 Å². The first-order valence-electron chi connectivity index (χ1n) is 5.58. The van der Waals surface area contributed by atoms with Crippen LogP contribution in [0, 0.1) is 11.3 Å². The molecule has 1 aromatic carbocycles. The van der Waals surface area contributed by atoms with Gasteiger partial charge in [-0.25, -0.2) is 0 Å². The SMILES string of the molecule is CCCOc1c(Cl)cc(CCC)cc1C#N. The van der Waals surface area contributed by atoms with E-state index in [1.54, 1.807) is 0 Å². The van der Waals surface area contributed by atoms with Crippen LogP contribution < -0.4 is 4.74 Å². The molecular formula is C13H16ClNO. The average Bonchev–Trinajstić information content (AvgIpc) is 2.27. The van der Waals surface area contributed by atoms with Crippen molar-refractivity contribution in [3.8, 4) is 11.8 Å². The number of ether oxygens (including phenoxy) is 1. The van der Waals surface area contributed by atoms with E-state index in [2.05, 4.69) is 13.0 Å². The van der Waals surface area contributed by atoms with Crippen molar-refractivity contribution in [2.75, 3.05) is 6.61 Å². The summed E-state index contributed by atoms with van der Waals surface area (Å²) >= 11 is 6.11. The van der Waals surface area contributed by atoms with E-state index in [4.69, 9.17) is 21.6 Å². The Labute approximate surface area is 102 Å². The molecule has 0 aliphatic heterocycles. The second kappa shape index (κ2) is 6.40. The molecule has 0 spiro atoms. The third-order valence-corrected chi connectivity index (χ3v) is 2.49. The highest BCUT2D eigenvalue weighted by Crippen LogP contribution is 2.30. The first-order valence-corrected chi connectivity index (χ1v) is 5.96. The number of benzene rings is 1. The van der Waals surface area contributed by atoms with Gasteiger partial charge in [0.2, 0.25) is 0 Å². The van der Waals surface area contributed by atoms with Gasteiger partial charge in [0.05, 0.1) is 17.2 Å². The van der Waals surface area contributed by atoms with Crippen LogP contribution in [0.4, 0.5) is 0 Å². The summed E-state index contributed by atoms with van der Waals surface area (Å²) in [4.78, 5) is 0. The Morgan fingerprint density at radius 3 is 2.62 bits per heavy atom. The summed E-state index contributed by atoms with van der Waals surface area (Å²) in [7, 11) is 0. The topological polar surface area (TPSA) is 33.0 Å². The Kier molecular flexibility index (Phi) is 5.14. The second-order valence-corrected chi connectivity index (χ2v) is 4.07. The Balaban J connectivity index is 3.04. The predicted octanol–water partition coefficient (Wildman–Crippen LogP) is 3.95. The number of hydrogen-bond acceptors (Lipinski definition) is 2. The van der Waals surface area contributed by atoms with Crippen molar-refractivity contribution < 1.29 is 4.74 Å². The fraction of sp³-hybridized carbons (Fsp3) is 0.462. The highest BCUT2D eigenvalue weighted by Gasteiger charge is 2.10. The minimum atomic E-state index is 0.519. The van der Waals surface area contributed by atoms with Crippen molar-refractivity contribution in [3.05, 3.63) is 28.3 Å². The molecule has 0 fully saturated rings. The van der Waals surface area contributed by atoms with Crippen molar-refractivity contribution >= 4 is 11.6 Å². The molecule has 0 radical (unpaired) electrons. The predicted molar refractivity (Wildman–Crippen MR) is 65.9 cm³/mol. The number of rotatable bonds is 5. The summed E-state index contributed by atoms with van der Waals surface area (Å²) in [5, 5.41) is 9.58. The van der Waals surface area contributed by atoms with Crippen LogP contribution in [0.15, 0.2) is 12.1 Å². The molecule has 0 atom stereocenters. The summed E-state index contributed by atoms with van der Waals surface area (Å²) in [6, 6.07) is 5.88. The zero-order valence-corrected chi connectivity index (χ0v) is 10.5. The van der Waals surface area contributed by atoms with Crippen molar-refractivity contribution in [3.63, 3.8) is 0 Å². The lowest BCUT2D eigenvalue weighted by Crippen LogP contribution is -1.99. The highest BCUT2D eigenvalue weighted by atomic mass is 35.5. The van der Waals surface area contributed by atoms with E-state index in [-0.39, 0.29) is 0 Å². The molecule has 2 nitrogen and oxygen atoms in total. The fourth-order valence-corrected chi connectivity index (χ4v) is 1.81. The first-order chi connectivity index (χ1) is 7.72. The standard InChI is InChI=1S/C13H16ClNO/c1-3-5-10-7-11(9-15)13(12(14)8-10)16-6-4-2/h7-8H,3-6H2,1-2H3. The van der Waals surface area contributed by atoms with Crippen LogP contribution in [0.3, 0.4) is 0 Å². The highest BCUT2D eigenvalue weighted by molar-refractivity contribution is 6.32. The quantitative estimate of drug-likeness (QED) is 0.777. The van der Waals surface area contributed by atoms with Crippen molar-refractivity contribution in [2.45, 2.75) is 33.1 Å². The van der Waals surface area contributed by atoms with Gasteiger partial charge in [-0.15, -0.1) is 0 Å². The minimum absolute atomic E-state index is 0.519. The van der Waals surface area contributed by atoms with Crippen molar-refractivity contribution in [2.24, 2.45) is 0 Å². The molecule has 3 heteroatoms. The molecule has 0 N–H and O–H groups in total. The van der Waals surface area contributed by atoms with Gasteiger partial charge in [-0.1, -0.05) is 31.9 Å². The summed E-state index contributed by atoms with van der Waals surface area (Å²) in [5.74, 6) is 0.519. The molecule has 0 unspecified atom stereocenters. The van der Waals surface area contributed by atoms with E-state index in [0.717, 1.165) is 24.8 Å². The lowest BCUT2D eigenvalue weighted by molar-refractivity contribution is 0.316. The molecule has 1 rings (SSSR count). The van der Waals surface area contributed by atoms with Gasteiger partial charge < -0.3 is 4.74 Å². The molecule has 0 aliphatic rings. The van der Waals surface area contributed by atoms with E-state index in [1.807, 2.05) is 19.1 Å². The summed E-state index contributed by atoms with van der Waals surface area (Å²) in [6.45, 7) is 4.70. The van der Waals surface area contributed by atoms with Crippen LogP contribution in [0.2, 0.25) is 5.02 Å². The Hall–Kier alpha value is -1.20. The Bertz CT molecular complexity index is 396. The minimum Gasteiger partial charge on any atom is -0.491 e. The lowest BCUT2D eigenvalue weighted by Gasteiger charge is -2.10. The molecule has 0 heterocycles. The molecule has 1 aromatic rings. The van der Waals surface area contributed by atoms with E-state index < -0.39 is 0 Å². The summed E-state index contributed by atoms with van der Waals surface area (Å²) in [6.07, 6.45) is 2.87. The van der Waals surface area contributed by atoms with E-state index >= 15 is 0 Å². The fourth-order valence-electron chi connectivity index (χ4n) is 1.52. The van der Waals surface area contributed by atoms with Crippen molar-refractivity contribution in [1.29, 1.82) is 5.26 Å². The van der Waals surface area contributed by atoms with Gasteiger partial charge in [0.25, 0.3) is 0 Å². The number of aryl methyl sites for hydroxylation is 1. The van der Waals surface area contributed by atoms with Crippen LogP contribution >= 0.6 is 11.6 Å². The van der Waals surface area contributed by atoms with Gasteiger partial charge in [0.15, 0.2) is 5.75 Å². The van der Waals surface area contributed by atoms with Crippen LogP contribution in [0.25, 0.3) is 0 Å². The van der Waals surface area contributed by atoms with E-state index in [9.17, 15) is 0 Å². The molecule has 0 saturated carbocycles. The molecule has 16 heavy (non-hydrogen) atoms. The second-order valence-electron chi connectivity index (χ2n) is 3.66. The third-order valence-electron chi connectivity index (χ3n) is 2.21. The zero-order chi connectivity index (χ0) is 12.0. The van der Waals surface area contributed by atoms with Gasteiger partial charge >= 0.3 is 0 Å². The number of hydrogen-bond donors (Lipinski definition) is 0. The molecule has 0 amide bonds. The van der Waals surface area contributed by atoms with Crippen LogP contribution in [0.5, 0.6) is 5.75 Å². The largest absolute Gasteiger partial charge is 0.491 e. The lowest BCUT2D eigenvalue weighted by atomic mass is 10.1. The number of halogens is 1. The van der Waals surface area contributed by atoms with Gasteiger partial charge in [-0.2, -0.15) is 5.26 Å². The van der Waals surface area contributed by atoms with Crippen LogP contribution in [-0.2, 0) is 6.42 Å². The zero-order valence-electron chi connectivity index (χ0n) is 9.72. The first kappa shape index (κ1) is 12.9. The van der Waals surface area contributed by atoms with Gasteiger partial charge in [-0.05, 0) is 30.5 Å². The smallest absolute Gasteiger partial charge is 0.155 e. The van der Waals surface area contributed by atoms with E-state index in [1.165, 1.54) is 0 Å². The maximum atomic E-state index is 9.05. The van der Waals surface area contributed by atoms with Gasteiger partial charge in [0.1, 0.15) is 6.07 Å². The Morgan fingerprint density at radius 2 is 2.06 bits per heavy atom. The molecule has 0 aromatic heterocycles. The monoisotopic (exact) mass is 237 g/mol. The summed E-state index contributed by atoms with van der Waals surface area (Å²) in [5.41, 5.74) is 1.62.